The van der Waals surface area contributed by atoms with Gasteiger partial charge in [-0.15, -0.1) is 0 Å². The van der Waals surface area contributed by atoms with Crippen molar-refractivity contribution in [1.82, 2.24) is 5.32 Å². The van der Waals surface area contributed by atoms with Gasteiger partial charge < -0.3 is 15.4 Å². The van der Waals surface area contributed by atoms with Gasteiger partial charge in [-0.1, -0.05) is 6.07 Å². The van der Waals surface area contributed by atoms with E-state index in [0.717, 1.165) is 24.3 Å². The first-order valence-electron chi connectivity index (χ1n) is 6.37. The number of nitrogens with one attached hydrogen (secondary N) is 2. The minimum atomic E-state index is -0.294. The molecular formula is C14H20N2O2. The molecule has 2 N–H and O–H groups in total. The first kappa shape index (κ1) is 12.9. The molecule has 0 spiro atoms. The highest BCUT2D eigenvalue weighted by Gasteiger charge is 2.14. The highest BCUT2D eigenvalue weighted by Crippen LogP contribution is 2.18. The van der Waals surface area contributed by atoms with Gasteiger partial charge in [0.1, 0.15) is 0 Å². The van der Waals surface area contributed by atoms with Crippen LogP contribution in [0.3, 0.4) is 0 Å². The molecule has 0 aliphatic carbocycles. The summed E-state index contributed by atoms with van der Waals surface area (Å²) < 4.78 is 4.73. The number of hydrogen-bond donors (Lipinski definition) is 2. The summed E-state index contributed by atoms with van der Waals surface area (Å²) in [5.74, 6) is -0.294. The van der Waals surface area contributed by atoms with E-state index >= 15 is 0 Å². The van der Waals surface area contributed by atoms with Crippen LogP contribution in [0, 0.1) is 6.92 Å². The van der Waals surface area contributed by atoms with Crippen molar-refractivity contribution in [3.8, 4) is 0 Å². The standard InChI is InChI=1S/C14H20N2O2/c1-10-5-6-11(14(17)18-2)8-13(10)16-9-12-4-3-7-15-12/h5-6,8,12,15-16H,3-4,7,9H2,1-2H3. The number of rotatable bonds is 4. The second-order valence-corrected chi connectivity index (χ2v) is 4.70. The van der Waals surface area contributed by atoms with Crippen LogP contribution in [0.1, 0.15) is 28.8 Å². The summed E-state index contributed by atoms with van der Waals surface area (Å²) in [5, 5.41) is 6.84. The van der Waals surface area contributed by atoms with Gasteiger partial charge in [0.2, 0.25) is 0 Å². The number of ether oxygens (including phenoxy) is 1. The molecule has 18 heavy (non-hydrogen) atoms. The Bertz CT molecular complexity index is 426. The van der Waals surface area contributed by atoms with Crippen LogP contribution in [0.4, 0.5) is 5.69 Å². The molecule has 0 bridgehead atoms. The van der Waals surface area contributed by atoms with E-state index in [1.807, 2.05) is 19.1 Å². The molecular weight excluding hydrogens is 228 g/mol. The Morgan fingerprint density at radius 1 is 1.56 bits per heavy atom. The largest absolute Gasteiger partial charge is 0.465 e. The monoisotopic (exact) mass is 248 g/mol. The Balaban J connectivity index is 2.03. The van der Waals surface area contributed by atoms with Gasteiger partial charge in [0, 0.05) is 18.3 Å². The molecule has 98 valence electrons. The smallest absolute Gasteiger partial charge is 0.337 e. The summed E-state index contributed by atoms with van der Waals surface area (Å²) in [6.07, 6.45) is 2.45. The molecule has 0 amide bonds. The van der Waals surface area contributed by atoms with Gasteiger partial charge in [-0.05, 0) is 44.0 Å². The predicted octanol–water partition coefficient (Wildman–Crippen LogP) is 1.95. The molecule has 2 rings (SSSR count). The van der Waals surface area contributed by atoms with E-state index in [-0.39, 0.29) is 5.97 Å². The molecule has 1 atom stereocenters. The van der Waals surface area contributed by atoms with Gasteiger partial charge >= 0.3 is 5.97 Å². The molecule has 1 aromatic rings. The van der Waals surface area contributed by atoms with Crippen molar-refractivity contribution in [3.05, 3.63) is 29.3 Å². The lowest BCUT2D eigenvalue weighted by atomic mass is 10.1. The number of benzene rings is 1. The van der Waals surface area contributed by atoms with E-state index in [1.54, 1.807) is 6.07 Å². The molecule has 4 heteroatoms. The molecule has 1 aliphatic heterocycles. The average Bonchev–Trinajstić information content (AvgIpc) is 2.90. The van der Waals surface area contributed by atoms with Crippen molar-refractivity contribution in [3.63, 3.8) is 0 Å². The van der Waals surface area contributed by atoms with Crippen molar-refractivity contribution in [2.24, 2.45) is 0 Å². The van der Waals surface area contributed by atoms with Gasteiger partial charge in [0.05, 0.1) is 12.7 Å². The zero-order chi connectivity index (χ0) is 13.0. The van der Waals surface area contributed by atoms with E-state index in [2.05, 4.69) is 10.6 Å². The van der Waals surface area contributed by atoms with E-state index in [1.165, 1.54) is 20.0 Å². The van der Waals surface area contributed by atoms with Gasteiger partial charge in [-0.3, -0.25) is 0 Å². The van der Waals surface area contributed by atoms with Crippen LogP contribution < -0.4 is 10.6 Å². The number of anilines is 1. The van der Waals surface area contributed by atoms with E-state index in [0.29, 0.717) is 11.6 Å². The summed E-state index contributed by atoms with van der Waals surface area (Å²) in [6.45, 7) is 4.03. The predicted molar refractivity (Wildman–Crippen MR) is 72.0 cm³/mol. The Labute approximate surface area is 108 Å². The Hall–Kier alpha value is -1.55. The van der Waals surface area contributed by atoms with Crippen molar-refractivity contribution >= 4 is 11.7 Å². The molecule has 1 aliphatic rings. The summed E-state index contributed by atoms with van der Waals surface area (Å²) in [5.41, 5.74) is 2.73. The lowest BCUT2D eigenvalue weighted by Crippen LogP contribution is -2.29. The fourth-order valence-corrected chi connectivity index (χ4v) is 2.22. The number of aryl methyl sites for hydroxylation is 1. The van der Waals surface area contributed by atoms with Gasteiger partial charge in [-0.25, -0.2) is 4.79 Å². The van der Waals surface area contributed by atoms with Crippen LogP contribution in [-0.4, -0.2) is 32.2 Å². The number of hydrogen-bond acceptors (Lipinski definition) is 4. The zero-order valence-electron chi connectivity index (χ0n) is 11.0. The summed E-state index contributed by atoms with van der Waals surface area (Å²) in [6, 6.07) is 6.12. The van der Waals surface area contributed by atoms with Gasteiger partial charge in [0.15, 0.2) is 0 Å². The molecule has 1 unspecified atom stereocenters. The van der Waals surface area contributed by atoms with Crippen LogP contribution in [0.2, 0.25) is 0 Å². The number of carbonyl (C=O) groups excluding carboxylic acids is 1. The number of methoxy groups -OCH3 is 1. The highest BCUT2D eigenvalue weighted by molar-refractivity contribution is 5.90. The maximum absolute atomic E-state index is 11.5. The third kappa shape index (κ3) is 3.01. The molecule has 0 aromatic heterocycles. The lowest BCUT2D eigenvalue weighted by Gasteiger charge is -2.15. The molecule has 1 aromatic carbocycles. The maximum atomic E-state index is 11.5. The quantitative estimate of drug-likeness (QED) is 0.800. The third-order valence-corrected chi connectivity index (χ3v) is 3.36. The van der Waals surface area contributed by atoms with E-state index in [9.17, 15) is 4.79 Å². The second-order valence-electron chi connectivity index (χ2n) is 4.70. The minimum Gasteiger partial charge on any atom is -0.465 e. The molecule has 1 saturated heterocycles. The van der Waals surface area contributed by atoms with E-state index < -0.39 is 0 Å². The fraction of sp³-hybridized carbons (Fsp3) is 0.500. The number of carbonyl (C=O) groups is 1. The maximum Gasteiger partial charge on any atom is 0.337 e. The molecule has 0 saturated carbocycles. The third-order valence-electron chi connectivity index (χ3n) is 3.36. The topological polar surface area (TPSA) is 50.4 Å². The average molecular weight is 248 g/mol. The summed E-state index contributed by atoms with van der Waals surface area (Å²) in [4.78, 5) is 11.5. The molecule has 4 nitrogen and oxygen atoms in total. The normalized spacial score (nSPS) is 18.7. The van der Waals surface area contributed by atoms with Crippen LogP contribution >= 0.6 is 0 Å². The van der Waals surface area contributed by atoms with Gasteiger partial charge in [0.25, 0.3) is 0 Å². The van der Waals surface area contributed by atoms with Crippen molar-refractivity contribution in [2.45, 2.75) is 25.8 Å². The second kappa shape index (κ2) is 5.87. The Kier molecular flexibility index (Phi) is 4.20. The highest BCUT2D eigenvalue weighted by atomic mass is 16.5. The number of esters is 1. The lowest BCUT2D eigenvalue weighted by molar-refractivity contribution is 0.0601. The Morgan fingerprint density at radius 3 is 3.06 bits per heavy atom. The zero-order valence-corrected chi connectivity index (χ0v) is 11.0. The van der Waals surface area contributed by atoms with Crippen LogP contribution in [0.5, 0.6) is 0 Å². The minimum absolute atomic E-state index is 0.294. The molecule has 1 heterocycles. The van der Waals surface area contributed by atoms with E-state index in [4.69, 9.17) is 4.74 Å². The van der Waals surface area contributed by atoms with Crippen molar-refractivity contribution < 1.29 is 9.53 Å². The van der Waals surface area contributed by atoms with Crippen LogP contribution in [-0.2, 0) is 4.74 Å². The van der Waals surface area contributed by atoms with Crippen LogP contribution in [0.25, 0.3) is 0 Å². The SMILES string of the molecule is COC(=O)c1ccc(C)c(NCC2CCCN2)c1. The van der Waals surface area contributed by atoms with Crippen LogP contribution in [0.15, 0.2) is 18.2 Å². The summed E-state index contributed by atoms with van der Waals surface area (Å²) >= 11 is 0. The molecule has 0 radical (unpaired) electrons. The van der Waals surface area contributed by atoms with Crippen molar-refractivity contribution in [1.29, 1.82) is 0 Å². The summed E-state index contributed by atoms with van der Waals surface area (Å²) in [7, 11) is 1.40. The Morgan fingerprint density at radius 2 is 2.39 bits per heavy atom. The van der Waals surface area contributed by atoms with Gasteiger partial charge in [-0.2, -0.15) is 0 Å². The first-order chi connectivity index (χ1) is 8.70. The fourth-order valence-electron chi connectivity index (χ4n) is 2.22. The molecule has 1 fully saturated rings. The van der Waals surface area contributed by atoms with Crippen molar-refractivity contribution in [2.75, 3.05) is 25.5 Å². The first-order valence-corrected chi connectivity index (χ1v) is 6.37.